The van der Waals surface area contributed by atoms with Gasteiger partial charge in [-0.3, -0.25) is 8.98 Å². The first-order valence-electron chi connectivity index (χ1n) is 6.59. The van der Waals surface area contributed by atoms with Crippen LogP contribution in [0.1, 0.15) is 22.8 Å². The lowest BCUT2D eigenvalue weighted by atomic mass is 10.1. The normalized spacial score (nSPS) is 12.9. The molecule has 2 aromatic carbocycles. The number of ketones is 1. The van der Waals surface area contributed by atoms with Crippen molar-refractivity contribution in [2.24, 2.45) is 0 Å². The van der Waals surface area contributed by atoms with Crippen LogP contribution in [-0.4, -0.2) is 20.3 Å². The van der Waals surface area contributed by atoms with Gasteiger partial charge in [-0.05, 0) is 38.1 Å². The Morgan fingerprint density at radius 2 is 1.77 bits per heavy atom. The van der Waals surface area contributed by atoms with Gasteiger partial charge in [0.2, 0.25) is 0 Å². The average molecular weight is 339 g/mol. The predicted molar refractivity (Wildman–Crippen MR) is 84.7 cm³/mol. The lowest BCUT2D eigenvalue weighted by molar-refractivity contribution is 0.0826. The summed E-state index contributed by atoms with van der Waals surface area (Å²) in [6.07, 6.45) is -1.13. The molecule has 0 spiro atoms. The number of Topliss-reactive ketones (excluding diaryl/α,β-unsaturated/α-hetero) is 1. The molecule has 0 amide bonds. The molecule has 0 saturated heterocycles. The van der Waals surface area contributed by atoms with Crippen LogP contribution in [0.5, 0.6) is 0 Å². The Balaban J connectivity index is 2.18. The first-order chi connectivity index (χ1) is 10.3. The van der Waals surface area contributed by atoms with Crippen LogP contribution in [0, 0.1) is 6.92 Å². The molecule has 0 heterocycles. The van der Waals surface area contributed by atoms with Crippen molar-refractivity contribution in [3.63, 3.8) is 0 Å². The van der Waals surface area contributed by atoms with E-state index in [0.717, 1.165) is 5.56 Å². The fourth-order valence-corrected chi connectivity index (χ4v) is 3.11. The summed E-state index contributed by atoms with van der Waals surface area (Å²) < 4.78 is 29.3. The van der Waals surface area contributed by atoms with Crippen LogP contribution in [0.2, 0.25) is 5.02 Å². The van der Waals surface area contributed by atoms with E-state index in [1.165, 1.54) is 25.1 Å². The number of rotatable bonds is 5. The fraction of sp³-hybridized carbons (Fsp3) is 0.188. The summed E-state index contributed by atoms with van der Waals surface area (Å²) in [6.45, 7) is 3.25. The quantitative estimate of drug-likeness (QED) is 0.617. The Morgan fingerprint density at radius 1 is 1.14 bits per heavy atom. The lowest BCUT2D eigenvalue weighted by Gasteiger charge is -2.12. The van der Waals surface area contributed by atoms with Crippen LogP contribution < -0.4 is 0 Å². The van der Waals surface area contributed by atoms with E-state index in [2.05, 4.69) is 0 Å². The second kappa shape index (κ2) is 6.60. The van der Waals surface area contributed by atoms with E-state index in [0.29, 0.717) is 10.6 Å². The Kier molecular flexibility index (Phi) is 5.01. The van der Waals surface area contributed by atoms with Crippen LogP contribution in [0.15, 0.2) is 53.4 Å². The molecule has 0 aliphatic heterocycles. The van der Waals surface area contributed by atoms with E-state index in [1.807, 2.05) is 6.92 Å². The van der Waals surface area contributed by atoms with Gasteiger partial charge in [-0.1, -0.05) is 41.4 Å². The third kappa shape index (κ3) is 3.94. The molecule has 116 valence electrons. The highest BCUT2D eigenvalue weighted by Crippen LogP contribution is 2.18. The molecule has 0 N–H and O–H groups in total. The molecular formula is C16H15ClO4S. The van der Waals surface area contributed by atoms with Crippen LogP contribution in [0.4, 0.5) is 0 Å². The Bertz CT molecular complexity index is 782. The Morgan fingerprint density at radius 3 is 2.36 bits per heavy atom. The topological polar surface area (TPSA) is 60.4 Å². The van der Waals surface area contributed by atoms with Gasteiger partial charge in [0.25, 0.3) is 10.1 Å². The van der Waals surface area contributed by atoms with Gasteiger partial charge in [-0.15, -0.1) is 0 Å². The molecule has 0 bridgehead atoms. The van der Waals surface area contributed by atoms with Crippen molar-refractivity contribution < 1.29 is 17.4 Å². The monoisotopic (exact) mass is 338 g/mol. The molecular weight excluding hydrogens is 324 g/mol. The molecule has 2 aromatic rings. The molecule has 0 aliphatic carbocycles. The molecule has 0 unspecified atom stereocenters. The van der Waals surface area contributed by atoms with Crippen molar-refractivity contribution in [1.82, 2.24) is 0 Å². The third-order valence-electron chi connectivity index (χ3n) is 3.06. The summed E-state index contributed by atoms with van der Waals surface area (Å²) in [5.74, 6) is -0.446. The standard InChI is InChI=1S/C16H15ClO4S/c1-11-6-8-15(9-7-11)22(19,20)21-12(2)16(18)13-4-3-5-14(17)10-13/h3-10,12H,1-2H3/t12-/m1/s1. The van der Waals surface area contributed by atoms with Gasteiger partial charge in [-0.25, -0.2) is 0 Å². The highest BCUT2D eigenvalue weighted by molar-refractivity contribution is 7.86. The van der Waals surface area contributed by atoms with Crippen LogP contribution >= 0.6 is 11.6 Å². The van der Waals surface area contributed by atoms with E-state index < -0.39 is 22.0 Å². The predicted octanol–water partition coefficient (Wildman–Crippen LogP) is 3.63. The van der Waals surface area contributed by atoms with Gasteiger partial charge in [-0.2, -0.15) is 8.42 Å². The van der Waals surface area contributed by atoms with Gasteiger partial charge in [0, 0.05) is 10.6 Å². The van der Waals surface area contributed by atoms with Gasteiger partial charge >= 0.3 is 0 Å². The maximum atomic E-state index is 12.2. The lowest BCUT2D eigenvalue weighted by Crippen LogP contribution is -2.24. The molecule has 1 atom stereocenters. The molecule has 0 fully saturated rings. The largest absolute Gasteiger partial charge is 0.297 e. The van der Waals surface area contributed by atoms with Crippen molar-refractivity contribution >= 4 is 27.5 Å². The van der Waals surface area contributed by atoms with E-state index in [9.17, 15) is 13.2 Å². The van der Waals surface area contributed by atoms with Crippen molar-refractivity contribution in [2.45, 2.75) is 24.8 Å². The number of carbonyl (C=O) groups excluding carboxylic acids is 1. The number of halogens is 1. The Labute approximate surface area is 134 Å². The van der Waals surface area contributed by atoms with E-state index in [-0.39, 0.29) is 4.90 Å². The zero-order valence-corrected chi connectivity index (χ0v) is 13.7. The summed E-state index contributed by atoms with van der Waals surface area (Å²) in [4.78, 5) is 12.2. The fourth-order valence-electron chi connectivity index (χ4n) is 1.87. The molecule has 0 aliphatic rings. The molecule has 0 aromatic heterocycles. The first-order valence-corrected chi connectivity index (χ1v) is 8.38. The highest BCUT2D eigenvalue weighted by Gasteiger charge is 2.24. The molecule has 4 nitrogen and oxygen atoms in total. The maximum Gasteiger partial charge on any atom is 0.297 e. The maximum absolute atomic E-state index is 12.2. The summed E-state index contributed by atoms with van der Waals surface area (Å²) >= 11 is 5.83. The van der Waals surface area contributed by atoms with Gasteiger partial charge in [0.05, 0.1) is 4.90 Å². The summed E-state index contributed by atoms with van der Waals surface area (Å²) in [7, 11) is -3.99. The van der Waals surface area contributed by atoms with Crippen LogP contribution in [0.3, 0.4) is 0 Å². The first kappa shape index (κ1) is 16.7. The van der Waals surface area contributed by atoms with Crippen molar-refractivity contribution in [3.05, 3.63) is 64.7 Å². The molecule has 0 saturated carbocycles. The van der Waals surface area contributed by atoms with E-state index in [4.69, 9.17) is 15.8 Å². The van der Waals surface area contributed by atoms with Crippen molar-refractivity contribution in [2.75, 3.05) is 0 Å². The van der Waals surface area contributed by atoms with Gasteiger partial charge < -0.3 is 0 Å². The minimum absolute atomic E-state index is 0.0174. The second-order valence-corrected chi connectivity index (χ2v) is 6.89. The molecule has 22 heavy (non-hydrogen) atoms. The third-order valence-corrected chi connectivity index (χ3v) is 4.69. The minimum Gasteiger partial charge on any atom is -0.291 e. The smallest absolute Gasteiger partial charge is 0.291 e. The van der Waals surface area contributed by atoms with Gasteiger partial charge in [0.1, 0.15) is 6.10 Å². The van der Waals surface area contributed by atoms with Gasteiger partial charge in [0.15, 0.2) is 5.78 Å². The molecule has 6 heteroatoms. The summed E-state index contributed by atoms with van der Waals surface area (Å²) in [5.41, 5.74) is 1.24. The number of benzene rings is 2. The average Bonchev–Trinajstić information content (AvgIpc) is 2.46. The highest BCUT2D eigenvalue weighted by atomic mass is 35.5. The van der Waals surface area contributed by atoms with Crippen LogP contribution in [0.25, 0.3) is 0 Å². The zero-order chi connectivity index (χ0) is 16.3. The SMILES string of the molecule is Cc1ccc(S(=O)(=O)O[C@H](C)C(=O)c2cccc(Cl)c2)cc1. The number of carbonyl (C=O) groups is 1. The van der Waals surface area contributed by atoms with Crippen molar-refractivity contribution in [1.29, 1.82) is 0 Å². The summed E-state index contributed by atoms with van der Waals surface area (Å²) in [6, 6.07) is 12.5. The number of hydrogen-bond donors (Lipinski definition) is 0. The second-order valence-electron chi connectivity index (χ2n) is 4.88. The molecule has 2 rings (SSSR count). The molecule has 0 radical (unpaired) electrons. The van der Waals surface area contributed by atoms with E-state index >= 15 is 0 Å². The Hall–Kier alpha value is -1.69. The van der Waals surface area contributed by atoms with E-state index in [1.54, 1.807) is 30.3 Å². The number of aryl methyl sites for hydroxylation is 1. The minimum atomic E-state index is -3.99. The van der Waals surface area contributed by atoms with Crippen LogP contribution in [-0.2, 0) is 14.3 Å². The number of hydrogen-bond acceptors (Lipinski definition) is 4. The van der Waals surface area contributed by atoms with Crippen molar-refractivity contribution in [3.8, 4) is 0 Å². The zero-order valence-electron chi connectivity index (χ0n) is 12.1. The summed E-state index contributed by atoms with van der Waals surface area (Å²) in [5, 5.41) is 0.402.